The van der Waals surface area contributed by atoms with Gasteiger partial charge in [-0.15, -0.1) is 0 Å². The quantitative estimate of drug-likeness (QED) is 0.678. The van der Waals surface area contributed by atoms with Gasteiger partial charge >= 0.3 is 0 Å². The second-order valence-electron chi connectivity index (χ2n) is 7.12. The second-order valence-corrected chi connectivity index (χ2v) is 7.12. The third-order valence-electron chi connectivity index (χ3n) is 5.78. The van der Waals surface area contributed by atoms with E-state index in [1.54, 1.807) is 0 Å². The molecular formula is C18H35N. The lowest BCUT2D eigenvalue weighted by atomic mass is 9.72. The zero-order valence-electron chi connectivity index (χ0n) is 13.3. The monoisotopic (exact) mass is 265 g/mol. The van der Waals surface area contributed by atoms with Crippen LogP contribution in [0.1, 0.15) is 84.5 Å². The molecule has 2 atom stereocenters. The molecule has 0 radical (unpaired) electrons. The zero-order valence-corrected chi connectivity index (χ0v) is 13.3. The summed E-state index contributed by atoms with van der Waals surface area (Å²) >= 11 is 0. The Morgan fingerprint density at radius 3 is 2.26 bits per heavy atom. The van der Waals surface area contributed by atoms with Crippen molar-refractivity contribution in [1.82, 2.24) is 5.32 Å². The molecule has 2 saturated carbocycles. The average molecular weight is 265 g/mol. The van der Waals surface area contributed by atoms with Crippen LogP contribution in [0, 0.1) is 17.8 Å². The number of hydrogen-bond acceptors (Lipinski definition) is 1. The maximum atomic E-state index is 3.80. The van der Waals surface area contributed by atoms with Crippen LogP contribution in [0.15, 0.2) is 0 Å². The number of nitrogens with one attached hydrogen (secondary N) is 1. The zero-order chi connectivity index (χ0) is 13.5. The number of hydrogen-bond donors (Lipinski definition) is 1. The third-order valence-corrected chi connectivity index (χ3v) is 5.78. The molecule has 2 rings (SSSR count). The van der Waals surface area contributed by atoms with Gasteiger partial charge in [-0.3, -0.25) is 0 Å². The van der Waals surface area contributed by atoms with E-state index in [0.717, 1.165) is 23.8 Å². The lowest BCUT2D eigenvalue weighted by Gasteiger charge is -2.34. The standard InChI is InChI=1S/C18H35N/c1-3-13-19-18-8-6-5-7-17(14-18)16-11-9-15(4-2)10-12-16/h15-19H,3-14H2,1-2H3. The Morgan fingerprint density at radius 1 is 0.842 bits per heavy atom. The van der Waals surface area contributed by atoms with Crippen LogP contribution in [0.3, 0.4) is 0 Å². The molecule has 2 fully saturated rings. The molecule has 0 bridgehead atoms. The molecule has 0 saturated heterocycles. The number of rotatable bonds is 5. The molecule has 2 aliphatic rings. The van der Waals surface area contributed by atoms with Gasteiger partial charge in [-0.1, -0.05) is 52.4 Å². The average Bonchev–Trinajstić information content (AvgIpc) is 2.71. The summed E-state index contributed by atoms with van der Waals surface area (Å²) in [6.07, 6.45) is 16.2. The molecule has 0 aromatic rings. The van der Waals surface area contributed by atoms with E-state index in [9.17, 15) is 0 Å². The summed E-state index contributed by atoms with van der Waals surface area (Å²) in [6, 6.07) is 0.830. The van der Waals surface area contributed by atoms with Crippen LogP contribution in [-0.2, 0) is 0 Å². The minimum absolute atomic E-state index is 0.830. The van der Waals surface area contributed by atoms with E-state index in [2.05, 4.69) is 19.2 Å². The molecule has 1 nitrogen and oxygen atoms in total. The molecule has 1 N–H and O–H groups in total. The summed E-state index contributed by atoms with van der Waals surface area (Å²) in [5.41, 5.74) is 0. The summed E-state index contributed by atoms with van der Waals surface area (Å²) < 4.78 is 0. The van der Waals surface area contributed by atoms with Crippen LogP contribution in [0.4, 0.5) is 0 Å². The van der Waals surface area contributed by atoms with Gasteiger partial charge in [-0.2, -0.15) is 0 Å². The van der Waals surface area contributed by atoms with E-state index >= 15 is 0 Å². The van der Waals surface area contributed by atoms with E-state index < -0.39 is 0 Å². The SMILES string of the molecule is CCCNC1CCCCC(C2CCC(CC)CC2)C1. The van der Waals surface area contributed by atoms with Crippen LogP contribution in [0.25, 0.3) is 0 Å². The Kier molecular flexibility index (Phi) is 6.70. The summed E-state index contributed by atoms with van der Waals surface area (Å²) in [6.45, 7) is 5.88. The predicted octanol–water partition coefficient (Wildman–Crippen LogP) is 5.15. The Balaban J connectivity index is 1.81. The highest BCUT2D eigenvalue weighted by atomic mass is 14.9. The smallest absolute Gasteiger partial charge is 0.00698 e. The van der Waals surface area contributed by atoms with Crippen molar-refractivity contribution in [3.8, 4) is 0 Å². The van der Waals surface area contributed by atoms with E-state index in [0.29, 0.717) is 0 Å². The van der Waals surface area contributed by atoms with Crippen molar-refractivity contribution < 1.29 is 0 Å². The van der Waals surface area contributed by atoms with Gasteiger partial charge in [0.05, 0.1) is 0 Å². The van der Waals surface area contributed by atoms with Crippen LogP contribution >= 0.6 is 0 Å². The highest BCUT2D eigenvalue weighted by Gasteiger charge is 2.29. The van der Waals surface area contributed by atoms with Crippen LogP contribution in [-0.4, -0.2) is 12.6 Å². The van der Waals surface area contributed by atoms with Gasteiger partial charge in [0.2, 0.25) is 0 Å². The summed E-state index contributed by atoms with van der Waals surface area (Å²) in [7, 11) is 0. The molecule has 0 spiro atoms. The van der Waals surface area contributed by atoms with E-state index in [-0.39, 0.29) is 0 Å². The highest BCUT2D eigenvalue weighted by Crippen LogP contribution is 2.40. The molecule has 0 aliphatic heterocycles. The third kappa shape index (κ3) is 4.77. The van der Waals surface area contributed by atoms with Crippen molar-refractivity contribution in [3.63, 3.8) is 0 Å². The van der Waals surface area contributed by atoms with Crippen molar-refractivity contribution in [2.45, 2.75) is 90.5 Å². The van der Waals surface area contributed by atoms with Gasteiger partial charge in [0.1, 0.15) is 0 Å². The van der Waals surface area contributed by atoms with Crippen molar-refractivity contribution >= 4 is 0 Å². The van der Waals surface area contributed by atoms with E-state index in [1.807, 2.05) is 0 Å². The van der Waals surface area contributed by atoms with Crippen LogP contribution in [0.5, 0.6) is 0 Å². The maximum absolute atomic E-state index is 3.80. The van der Waals surface area contributed by atoms with Crippen LogP contribution < -0.4 is 5.32 Å². The molecular weight excluding hydrogens is 230 g/mol. The summed E-state index contributed by atoms with van der Waals surface area (Å²) in [5.74, 6) is 3.15. The van der Waals surface area contributed by atoms with Gasteiger partial charge < -0.3 is 5.32 Å². The first-order valence-electron chi connectivity index (χ1n) is 9.06. The first kappa shape index (κ1) is 15.4. The van der Waals surface area contributed by atoms with Crippen molar-refractivity contribution in [2.24, 2.45) is 17.8 Å². The Bertz CT molecular complexity index is 230. The van der Waals surface area contributed by atoms with Gasteiger partial charge in [-0.05, 0) is 56.4 Å². The van der Waals surface area contributed by atoms with Gasteiger partial charge in [0, 0.05) is 6.04 Å². The summed E-state index contributed by atoms with van der Waals surface area (Å²) in [4.78, 5) is 0. The van der Waals surface area contributed by atoms with Gasteiger partial charge in [-0.25, -0.2) is 0 Å². The van der Waals surface area contributed by atoms with Crippen molar-refractivity contribution in [2.75, 3.05) is 6.54 Å². The molecule has 112 valence electrons. The normalized spacial score (nSPS) is 36.9. The fraction of sp³-hybridized carbons (Fsp3) is 1.00. The lowest BCUT2D eigenvalue weighted by Crippen LogP contribution is -2.33. The fourth-order valence-corrected chi connectivity index (χ4v) is 4.43. The Labute approximate surface area is 120 Å². The fourth-order valence-electron chi connectivity index (χ4n) is 4.43. The first-order chi connectivity index (χ1) is 9.33. The Hall–Kier alpha value is -0.0400. The largest absolute Gasteiger partial charge is 0.314 e. The topological polar surface area (TPSA) is 12.0 Å². The molecule has 0 heterocycles. The first-order valence-corrected chi connectivity index (χ1v) is 9.06. The molecule has 0 amide bonds. The maximum Gasteiger partial charge on any atom is 0.00698 e. The van der Waals surface area contributed by atoms with E-state index in [1.165, 1.54) is 77.2 Å². The predicted molar refractivity (Wildman–Crippen MR) is 84.4 cm³/mol. The second kappa shape index (κ2) is 8.29. The molecule has 0 aromatic heterocycles. The molecule has 2 unspecified atom stereocenters. The summed E-state index contributed by atoms with van der Waals surface area (Å²) in [5, 5.41) is 3.80. The van der Waals surface area contributed by atoms with Crippen molar-refractivity contribution in [3.05, 3.63) is 0 Å². The van der Waals surface area contributed by atoms with Crippen molar-refractivity contribution in [1.29, 1.82) is 0 Å². The van der Waals surface area contributed by atoms with E-state index in [4.69, 9.17) is 0 Å². The Morgan fingerprint density at radius 2 is 1.58 bits per heavy atom. The van der Waals surface area contributed by atoms with Gasteiger partial charge in [0.25, 0.3) is 0 Å². The van der Waals surface area contributed by atoms with Gasteiger partial charge in [0.15, 0.2) is 0 Å². The molecule has 0 aromatic carbocycles. The highest BCUT2D eigenvalue weighted by molar-refractivity contribution is 4.83. The minimum Gasteiger partial charge on any atom is -0.314 e. The molecule has 1 heteroatoms. The van der Waals surface area contributed by atoms with Crippen LogP contribution in [0.2, 0.25) is 0 Å². The molecule has 19 heavy (non-hydrogen) atoms. The minimum atomic E-state index is 0.830. The molecule has 2 aliphatic carbocycles. The lowest BCUT2D eigenvalue weighted by molar-refractivity contribution is 0.179.